The van der Waals surface area contributed by atoms with Gasteiger partial charge in [0.2, 0.25) is 0 Å². The highest BCUT2D eigenvalue weighted by Crippen LogP contribution is 2.42. The summed E-state index contributed by atoms with van der Waals surface area (Å²) in [7, 11) is 0. The van der Waals surface area contributed by atoms with Crippen molar-refractivity contribution in [2.24, 2.45) is 0 Å². The van der Waals surface area contributed by atoms with Crippen LogP contribution in [0.3, 0.4) is 0 Å². The molecule has 0 radical (unpaired) electrons. The summed E-state index contributed by atoms with van der Waals surface area (Å²) in [4.78, 5) is 17.4. The van der Waals surface area contributed by atoms with E-state index in [0.717, 1.165) is 18.7 Å². The number of hydrogen-bond acceptors (Lipinski definition) is 2. The molecule has 2 saturated heterocycles. The molecule has 0 aromatic heterocycles. The van der Waals surface area contributed by atoms with E-state index in [9.17, 15) is 4.79 Å². The first-order valence-electron chi connectivity index (χ1n) is 12.1. The zero-order valence-corrected chi connectivity index (χ0v) is 19.3. The fourth-order valence-electron chi connectivity index (χ4n) is 5.59. The molecule has 2 aliphatic rings. The normalized spacial score (nSPS) is 20.7. The Hall–Kier alpha value is -2.39. The Morgan fingerprint density at radius 2 is 1.39 bits per heavy atom. The minimum absolute atomic E-state index is 0.122. The summed E-state index contributed by atoms with van der Waals surface area (Å²) in [6, 6.07) is 20.6. The Labute approximate surface area is 187 Å². The molecule has 31 heavy (non-hydrogen) atoms. The first-order chi connectivity index (χ1) is 15.2. The van der Waals surface area contributed by atoms with Crippen molar-refractivity contribution < 1.29 is 4.79 Å². The van der Waals surface area contributed by atoms with Crippen LogP contribution in [0.2, 0.25) is 0 Å². The van der Waals surface area contributed by atoms with Crippen LogP contribution in [0.1, 0.15) is 74.4 Å². The fraction of sp³-hybridized carbons (Fsp3) is 0.464. The summed E-state index contributed by atoms with van der Waals surface area (Å²) >= 11 is 0. The van der Waals surface area contributed by atoms with Gasteiger partial charge in [-0.2, -0.15) is 0 Å². The van der Waals surface area contributed by atoms with Gasteiger partial charge in [0.1, 0.15) is 0 Å². The fourth-order valence-corrected chi connectivity index (χ4v) is 5.59. The zero-order chi connectivity index (χ0) is 21.8. The Morgan fingerprint density at radius 1 is 0.839 bits per heavy atom. The van der Waals surface area contributed by atoms with Crippen molar-refractivity contribution in [2.45, 2.75) is 65.0 Å². The van der Waals surface area contributed by atoms with Gasteiger partial charge in [-0.25, -0.2) is 0 Å². The minimum Gasteiger partial charge on any atom is -0.339 e. The number of rotatable bonds is 7. The Morgan fingerprint density at radius 3 is 1.94 bits per heavy atom. The molecule has 0 saturated carbocycles. The van der Waals surface area contributed by atoms with Crippen molar-refractivity contribution in [3.63, 3.8) is 0 Å². The molecule has 3 nitrogen and oxygen atoms in total. The standard InChI is InChI=1S/C28H36N2O/c1-4-18-30-25-16-17-26(30)20-24(19-25)27(21-10-8-7-9-11-21)22-12-14-23(15-13-22)28(31)29(5-2)6-3/h7-15,25-26H,4-6,16-20H2,1-3H3. The quantitative estimate of drug-likeness (QED) is 0.552. The summed E-state index contributed by atoms with van der Waals surface area (Å²) < 4.78 is 0. The van der Waals surface area contributed by atoms with Crippen LogP contribution in [0.25, 0.3) is 5.57 Å². The van der Waals surface area contributed by atoms with Gasteiger partial charge in [-0.05, 0) is 81.3 Å². The maximum atomic E-state index is 12.8. The maximum Gasteiger partial charge on any atom is 0.253 e. The Bertz CT molecular complexity index is 896. The van der Waals surface area contributed by atoms with E-state index in [4.69, 9.17) is 0 Å². The van der Waals surface area contributed by atoms with Crippen LogP contribution in [0.15, 0.2) is 60.2 Å². The predicted octanol–water partition coefficient (Wildman–Crippen LogP) is 6.01. The average Bonchev–Trinajstić information content (AvgIpc) is 3.03. The predicted molar refractivity (Wildman–Crippen MR) is 129 cm³/mol. The second-order valence-corrected chi connectivity index (χ2v) is 8.93. The molecule has 2 aromatic rings. The molecule has 2 aromatic carbocycles. The van der Waals surface area contributed by atoms with E-state index < -0.39 is 0 Å². The molecule has 3 heteroatoms. The van der Waals surface area contributed by atoms with Gasteiger partial charge in [0.25, 0.3) is 5.91 Å². The van der Waals surface area contributed by atoms with E-state index in [2.05, 4.69) is 54.3 Å². The molecule has 2 bridgehead atoms. The number of benzene rings is 2. The van der Waals surface area contributed by atoms with Crippen LogP contribution in [-0.4, -0.2) is 47.4 Å². The molecule has 1 amide bonds. The lowest BCUT2D eigenvalue weighted by Gasteiger charge is -2.37. The number of piperidine rings is 1. The van der Waals surface area contributed by atoms with Crippen molar-refractivity contribution in [2.75, 3.05) is 19.6 Å². The van der Waals surface area contributed by atoms with Crippen LogP contribution in [0.5, 0.6) is 0 Å². The lowest BCUT2D eigenvalue weighted by molar-refractivity contribution is 0.0773. The van der Waals surface area contributed by atoms with Crippen molar-refractivity contribution >= 4 is 11.5 Å². The summed E-state index contributed by atoms with van der Waals surface area (Å²) in [5, 5.41) is 0. The SMILES string of the molecule is CCCN1C2CCC1CC(=C(c1ccccc1)c1ccc(C(=O)N(CC)CC)cc1)C2. The van der Waals surface area contributed by atoms with Crippen LogP contribution in [0.4, 0.5) is 0 Å². The van der Waals surface area contributed by atoms with E-state index in [1.165, 1.54) is 55.3 Å². The highest BCUT2D eigenvalue weighted by Gasteiger charge is 2.38. The molecule has 164 valence electrons. The minimum atomic E-state index is 0.122. The highest BCUT2D eigenvalue weighted by molar-refractivity contribution is 5.95. The first kappa shape index (κ1) is 21.8. The van der Waals surface area contributed by atoms with E-state index in [1.807, 2.05) is 30.9 Å². The lowest BCUT2D eigenvalue weighted by atomic mass is 9.85. The van der Waals surface area contributed by atoms with E-state index in [-0.39, 0.29) is 5.91 Å². The van der Waals surface area contributed by atoms with Gasteiger partial charge in [-0.3, -0.25) is 9.69 Å². The number of hydrogen-bond donors (Lipinski definition) is 0. The molecule has 2 fully saturated rings. The smallest absolute Gasteiger partial charge is 0.253 e. The molecule has 0 spiro atoms. The lowest BCUT2D eigenvalue weighted by Crippen LogP contribution is -2.41. The third-order valence-corrected chi connectivity index (χ3v) is 7.10. The second-order valence-electron chi connectivity index (χ2n) is 8.93. The summed E-state index contributed by atoms with van der Waals surface area (Å²) in [5.41, 5.74) is 6.29. The third-order valence-electron chi connectivity index (χ3n) is 7.10. The van der Waals surface area contributed by atoms with E-state index in [0.29, 0.717) is 12.1 Å². The molecule has 2 heterocycles. The average molecular weight is 417 g/mol. The number of fused-ring (bicyclic) bond motifs is 2. The molecule has 2 atom stereocenters. The van der Waals surface area contributed by atoms with Crippen molar-refractivity contribution in [3.05, 3.63) is 76.9 Å². The summed E-state index contributed by atoms with van der Waals surface area (Å²) in [5.74, 6) is 0.122. The van der Waals surface area contributed by atoms with E-state index >= 15 is 0 Å². The number of carbonyl (C=O) groups excluding carboxylic acids is 1. The van der Waals surface area contributed by atoms with E-state index in [1.54, 1.807) is 5.57 Å². The molecule has 4 rings (SSSR count). The van der Waals surface area contributed by atoms with Crippen molar-refractivity contribution in [1.82, 2.24) is 9.80 Å². The van der Waals surface area contributed by atoms with Crippen molar-refractivity contribution in [3.8, 4) is 0 Å². The molecule has 0 aliphatic carbocycles. The molecule has 2 aliphatic heterocycles. The van der Waals surface area contributed by atoms with Gasteiger partial charge in [0.15, 0.2) is 0 Å². The topological polar surface area (TPSA) is 23.6 Å². The zero-order valence-electron chi connectivity index (χ0n) is 19.3. The Balaban J connectivity index is 1.69. The summed E-state index contributed by atoms with van der Waals surface area (Å²) in [6.45, 7) is 9.08. The highest BCUT2D eigenvalue weighted by atomic mass is 16.2. The number of nitrogens with zero attached hydrogens (tertiary/aromatic N) is 2. The van der Waals surface area contributed by atoms with Crippen LogP contribution in [0, 0.1) is 0 Å². The van der Waals surface area contributed by atoms with Crippen LogP contribution >= 0.6 is 0 Å². The first-order valence-corrected chi connectivity index (χ1v) is 12.1. The van der Waals surface area contributed by atoms with Gasteiger partial charge >= 0.3 is 0 Å². The molecular weight excluding hydrogens is 380 g/mol. The maximum absolute atomic E-state index is 12.8. The summed E-state index contributed by atoms with van der Waals surface area (Å²) in [6.07, 6.45) is 6.22. The van der Waals surface area contributed by atoms with Gasteiger partial charge in [0.05, 0.1) is 0 Å². The molecular formula is C28H36N2O. The number of carbonyl (C=O) groups is 1. The van der Waals surface area contributed by atoms with Crippen LogP contribution in [-0.2, 0) is 0 Å². The van der Waals surface area contributed by atoms with Gasteiger partial charge in [-0.15, -0.1) is 0 Å². The molecule has 2 unspecified atom stereocenters. The van der Waals surface area contributed by atoms with Gasteiger partial charge in [-0.1, -0.05) is 55.0 Å². The largest absolute Gasteiger partial charge is 0.339 e. The second kappa shape index (κ2) is 9.82. The van der Waals surface area contributed by atoms with Gasteiger partial charge in [0, 0.05) is 30.7 Å². The van der Waals surface area contributed by atoms with Crippen LogP contribution < -0.4 is 0 Å². The van der Waals surface area contributed by atoms with Crippen molar-refractivity contribution in [1.29, 1.82) is 0 Å². The molecule has 0 N–H and O–H groups in total. The number of amides is 1. The van der Waals surface area contributed by atoms with Gasteiger partial charge < -0.3 is 4.90 Å². The Kier molecular flexibility index (Phi) is 6.92. The third kappa shape index (κ3) is 4.48. The monoisotopic (exact) mass is 416 g/mol.